The highest BCUT2D eigenvalue weighted by molar-refractivity contribution is 5.52. The minimum Gasteiger partial charge on any atom is -0.494 e. The molecule has 21 heavy (non-hydrogen) atoms. The summed E-state index contributed by atoms with van der Waals surface area (Å²) in [6.45, 7) is 4.43. The molecule has 0 heterocycles. The lowest BCUT2D eigenvalue weighted by molar-refractivity contribution is -0.385. The molecule has 5 nitrogen and oxygen atoms in total. The molecule has 1 N–H and O–H groups in total. The molecule has 0 aliphatic carbocycles. The van der Waals surface area contributed by atoms with E-state index in [2.05, 4.69) is 5.32 Å². The molecule has 110 valence electrons. The molecule has 0 radical (unpaired) electrons. The van der Waals surface area contributed by atoms with Crippen molar-refractivity contribution < 1.29 is 9.66 Å². The summed E-state index contributed by atoms with van der Waals surface area (Å²) in [7, 11) is 0. The fourth-order valence-corrected chi connectivity index (χ4v) is 2.19. The second kappa shape index (κ2) is 6.74. The molecule has 0 amide bonds. The van der Waals surface area contributed by atoms with Gasteiger partial charge in [0, 0.05) is 17.8 Å². The number of nitro groups is 1. The Morgan fingerprint density at radius 3 is 2.71 bits per heavy atom. The van der Waals surface area contributed by atoms with Crippen molar-refractivity contribution in [3.8, 4) is 5.75 Å². The zero-order valence-corrected chi connectivity index (χ0v) is 12.1. The van der Waals surface area contributed by atoms with E-state index in [4.69, 9.17) is 4.74 Å². The van der Waals surface area contributed by atoms with Gasteiger partial charge in [-0.05, 0) is 26.0 Å². The van der Waals surface area contributed by atoms with Crippen LogP contribution < -0.4 is 10.1 Å². The molecule has 0 saturated carbocycles. The monoisotopic (exact) mass is 286 g/mol. The molecule has 1 unspecified atom stereocenters. The zero-order chi connectivity index (χ0) is 15.2. The number of hydrogen-bond acceptors (Lipinski definition) is 4. The summed E-state index contributed by atoms with van der Waals surface area (Å²) in [6.07, 6.45) is 0. The summed E-state index contributed by atoms with van der Waals surface area (Å²) in [6, 6.07) is 14.1. The van der Waals surface area contributed by atoms with Gasteiger partial charge >= 0.3 is 0 Å². The largest absolute Gasteiger partial charge is 0.494 e. The second-order valence-corrected chi connectivity index (χ2v) is 4.64. The predicted octanol–water partition coefficient (Wildman–Crippen LogP) is 4.17. The standard InChI is InChI=1S/C16H18N2O3/c1-3-21-14-8-6-7-13(11-14)17-12(2)15-9-4-5-10-16(15)18(19)20/h4-12,17H,3H2,1-2H3. The van der Waals surface area contributed by atoms with Gasteiger partial charge in [0.25, 0.3) is 5.69 Å². The van der Waals surface area contributed by atoms with Crippen LogP contribution in [-0.4, -0.2) is 11.5 Å². The summed E-state index contributed by atoms with van der Waals surface area (Å²) in [5.41, 5.74) is 1.65. The first kappa shape index (κ1) is 14.8. The van der Waals surface area contributed by atoms with Crippen molar-refractivity contribution in [3.63, 3.8) is 0 Å². The Morgan fingerprint density at radius 2 is 2.00 bits per heavy atom. The van der Waals surface area contributed by atoms with E-state index in [0.717, 1.165) is 11.4 Å². The van der Waals surface area contributed by atoms with Crippen molar-refractivity contribution in [1.82, 2.24) is 0 Å². The Labute approximate surface area is 123 Å². The summed E-state index contributed by atoms with van der Waals surface area (Å²) >= 11 is 0. The molecule has 0 saturated heterocycles. The quantitative estimate of drug-likeness (QED) is 0.639. The molecule has 0 spiro atoms. The summed E-state index contributed by atoms with van der Waals surface area (Å²) in [5.74, 6) is 0.775. The summed E-state index contributed by atoms with van der Waals surface area (Å²) in [5, 5.41) is 14.3. The molecule has 1 atom stereocenters. The third kappa shape index (κ3) is 3.72. The van der Waals surface area contributed by atoms with Crippen LogP contribution in [0.3, 0.4) is 0 Å². The molecule has 2 aromatic carbocycles. The van der Waals surface area contributed by atoms with Crippen LogP contribution in [-0.2, 0) is 0 Å². The smallest absolute Gasteiger partial charge is 0.274 e. The maximum atomic E-state index is 11.1. The lowest BCUT2D eigenvalue weighted by Gasteiger charge is -2.16. The van der Waals surface area contributed by atoms with E-state index in [1.54, 1.807) is 18.2 Å². The van der Waals surface area contributed by atoms with Gasteiger partial charge in [-0.3, -0.25) is 10.1 Å². The van der Waals surface area contributed by atoms with Crippen LogP contribution in [0.25, 0.3) is 0 Å². The number of rotatable bonds is 6. The van der Waals surface area contributed by atoms with E-state index >= 15 is 0 Å². The molecular weight excluding hydrogens is 268 g/mol. The summed E-state index contributed by atoms with van der Waals surface area (Å²) in [4.78, 5) is 10.7. The first-order valence-corrected chi connectivity index (χ1v) is 6.84. The number of anilines is 1. The molecule has 2 aromatic rings. The van der Waals surface area contributed by atoms with Gasteiger partial charge in [0.2, 0.25) is 0 Å². The number of ether oxygens (including phenoxy) is 1. The Bertz CT molecular complexity index is 628. The third-order valence-corrected chi connectivity index (χ3v) is 3.13. The van der Waals surface area contributed by atoms with Crippen molar-refractivity contribution in [2.75, 3.05) is 11.9 Å². The van der Waals surface area contributed by atoms with Crippen LogP contribution in [0.4, 0.5) is 11.4 Å². The zero-order valence-electron chi connectivity index (χ0n) is 12.1. The van der Waals surface area contributed by atoms with Crippen LogP contribution in [0.1, 0.15) is 25.5 Å². The fourth-order valence-electron chi connectivity index (χ4n) is 2.19. The molecule has 5 heteroatoms. The maximum absolute atomic E-state index is 11.1. The topological polar surface area (TPSA) is 64.4 Å². The average Bonchev–Trinajstić information content (AvgIpc) is 2.48. The fraction of sp³-hybridized carbons (Fsp3) is 0.250. The van der Waals surface area contributed by atoms with Crippen LogP contribution >= 0.6 is 0 Å². The Morgan fingerprint density at radius 1 is 1.24 bits per heavy atom. The van der Waals surface area contributed by atoms with E-state index in [1.165, 1.54) is 6.07 Å². The molecule has 2 rings (SSSR count). The van der Waals surface area contributed by atoms with Crippen molar-refractivity contribution in [1.29, 1.82) is 0 Å². The minimum atomic E-state index is -0.357. The molecule has 0 bridgehead atoms. The number of para-hydroxylation sites is 1. The van der Waals surface area contributed by atoms with E-state index in [0.29, 0.717) is 12.2 Å². The molecule has 0 aliphatic rings. The highest BCUT2D eigenvalue weighted by atomic mass is 16.6. The van der Waals surface area contributed by atoms with Gasteiger partial charge in [0.1, 0.15) is 5.75 Å². The van der Waals surface area contributed by atoms with Crippen LogP contribution in [0.5, 0.6) is 5.75 Å². The van der Waals surface area contributed by atoms with Gasteiger partial charge in [-0.1, -0.05) is 24.3 Å². The van der Waals surface area contributed by atoms with Gasteiger partial charge in [-0.15, -0.1) is 0 Å². The van der Waals surface area contributed by atoms with Crippen molar-refractivity contribution in [2.24, 2.45) is 0 Å². The van der Waals surface area contributed by atoms with E-state index < -0.39 is 0 Å². The lowest BCUT2D eigenvalue weighted by Crippen LogP contribution is -2.09. The minimum absolute atomic E-state index is 0.124. The highest BCUT2D eigenvalue weighted by Gasteiger charge is 2.17. The molecule has 0 aromatic heterocycles. The number of benzene rings is 2. The van der Waals surface area contributed by atoms with Crippen molar-refractivity contribution >= 4 is 11.4 Å². The third-order valence-electron chi connectivity index (χ3n) is 3.13. The lowest BCUT2D eigenvalue weighted by atomic mass is 10.1. The first-order valence-electron chi connectivity index (χ1n) is 6.84. The number of hydrogen-bond donors (Lipinski definition) is 1. The number of nitrogens with one attached hydrogen (secondary N) is 1. The SMILES string of the molecule is CCOc1cccc(NC(C)c2ccccc2[N+](=O)[O-])c1. The van der Waals surface area contributed by atoms with Gasteiger partial charge in [0.05, 0.1) is 23.1 Å². The average molecular weight is 286 g/mol. The van der Waals surface area contributed by atoms with Crippen LogP contribution in [0, 0.1) is 10.1 Å². The predicted molar refractivity (Wildman–Crippen MR) is 82.7 cm³/mol. The van der Waals surface area contributed by atoms with Crippen LogP contribution in [0.15, 0.2) is 48.5 Å². The Hall–Kier alpha value is -2.56. The van der Waals surface area contributed by atoms with Crippen molar-refractivity contribution in [3.05, 3.63) is 64.2 Å². The molecular formula is C16H18N2O3. The van der Waals surface area contributed by atoms with Crippen molar-refractivity contribution in [2.45, 2.75) is 19.9 Å². The van der Waals surface area contributed by atoms with Gasteiger partial charge in [-0.2, -0.15) is 0 Å². The molecule has 0 fully saturated rings. The van der Waals surface area contributed by atoms with Gasteiger partial charge in [-0.25, -0.2) is 0 Å². The molecule has 0 aliphatic heterocycles. The maximum Gasteiger partial charge on any atom is 0.274 e. The van der Waals surface area contributed by atoms with Crippen LogP contribution in [0.2, 0.25) is 0 Å². The van der Waals surface area contributed by atoms with E-state index in [9.17, 15) is 10.1 Å². The first-order chi connectivity index (χ1) is 10.1. The number of nitro benzene ring substituents is 1. The normalized spacial score (nSPS) is 11.7. The summed E-state index contributed by atoms with van der Waals surface area (Å²) < 4.78 is 5.45. The highest BCUT2D eigenvalue weighted by Crippen LogP contribution is 2.28. The van der Waals surface area contributed by atoms with Gasteiger partial charge < -0.3 is 10.1 Å². The van der Waals surface area contributed by atoms with E-state index in [1.807, 2.05) is 38.1 Å². The Kier molecular flexibility index (Phi) is 4.77. The second-order valence-electron chi connectivity index (χ2n) is 4.64. The van der Waals surface area contributed by atoms with E-state index in [-0.39, 0.29) is 16.7 Å². The van der Waals surface area contributed by atoms with Gasteiger partial charge in [0.15, 0.2) is 0 Å². The number of nitrogens with zero attached hydrogens (tertiary/aromatic N) is 1. The Balaban J connectivity index is 2.20.